The molecule has 4 nitrogen and oxygen atoms in total. The van der Waals surface area contributed by atoms with Crippen LogP contribution >= 0.6 is 0 Å². The van der Waals surface area contributed by atoms with Gasteiger partial charge in [-0.15, -0.1) is 0 Å². The second-order valence-electron chi connectivity index (χ2n) is 6.83. The molecule has 0 saturated carbocycles. The molecule has 18 heavy (non-hydrogen) atoms. The van der Waals surface area contributed by atoms with Gasteiger partial charge in [0.15, 0.2) is 0 Å². The average Bonchev–Trinajstić information content (AvgIpc) is 2.25. The van der Waals surface area contributed by atoms with Gasteiger partial charge in [0.2, 0.25) is 5.91 Å². The van der Waals surface area contributed by atoms with E-state index in [4.69, 9.17) is 5.11 Å². The number of hydrogen-bond acceptors (Lipinski definition) is 3. The van der Waals surface area contributed by atoms with E-state index < -0.39 is 0 Å². The van der Waals surface area contributed by atoms with E-state index in [9.17, 15) is 4.79 Å². The highest BCUT2D eigenvalue weighted by atomic mass is 16.3. The van der Waals surface area contributed by atoms with Crippen molar-refractivity contribution >= 4 is 5.91 Å². The number of aliphatic hydroxyl groups is 1. The van der Waals surface area contributed by atoms with Crippen LogP contribution < -0.4 is 10.6 Å². The van der Waals surface area contributed by atoms with Gasteiger partial charge in [-0.25, -0.2) is 0 Å². The molecule has 1 atom stereocenters. The monoisotopic (exact) mass is 256 g/mol. The van der Waals surface area contributed by atoms with Gasteiger partial charge in [0.25, 0.3) is 0 Å². The minimum atomic E-state index is -0.101. The lowest BCUT2D eigenvalue weighted by atomic mass is 9.77. The van der Waals surface area contributed by atoms with Gasteiger partial charge in [-0.3, -0.25) is 4.79 Å². The summed E-state index contributed by atoms with van der Waals surface area (Å²) >= 11 is 0. The minimum Gasteiger partial charge on any atom is -0.396 e. The van der Waals surface area contributed by atoms with Crippen LogP contribution in [-0.2, 0) is 4.79 Å². The number of carbonyl (C=O) groups excluding carboxylic acids is 1. The van der Waals surface area contributed by atoms with E-state index in [1.54, 1.807) is 0 Å². The highest BCUT2D eigenvalue weighted by Gasteiger charge is 2.37. The molecule has 0 aliphatic carbocycles. The van der Waals surface area contributed by atoms with Crippen molar-refractivity contribution < 1.29 is 9.90 Å². The fourth-order valence-corrected chi connectivity index (χ4v) is 2.48. The lowest BCUT2D eigenvalue weighted by Crippen LogP contribution is -2.56. The summed E-state index contributed by atoms with van der Waals surface area (Å²) < 4.78 is 0. The van der Waals surface area contributed by atoms with Crippen LogP contribution in [0.3, 0.4) is 0 Å². The molecular weight excluding hydrogens is 228 g/mol. The topological polar surface area (TPSA) is 61.4 Å². The SMILES string of the molecule is CC(C)(CCO)CNC(=O)C1NCCCC1(C)C. The highest BCUT2D eigenvalue weighted by Crippen LogP contribution is 2.30. The van der Waals surface area contributed by atoms with Gasteiger partial charge < -0.3 is 15.7 Å². The third kappa shape index (κ3) is 4.25. The van der Waals surface area contributed by atoms with E-state index in [-0.39, 0.29) is 29.4 Å². The third-order valence-electron chi connectivity index (χ3n) is 3.92. The predicted molar refractivity (Wildman–Crippen MR) is 73.3 cm³/mol. The number of carbonyl (C=O) groups is 1. The maximum atomic E-state index is 12.2. The Balaban J connectivity index is 2.50. The van der Waals surface area contributed by atoms with E-state index in [1.165, 1.54) is 0 Å². The molecule has 0 aromatic carbocycles. The molecule has 0 aromatic rings. The first kappa shape index (κ1) is 15.4. The predicted octanol–water partition coefficient (Wildman–Crippen LogP) is 1.29. The first-order valence-electron chi connectivity index (χ1n) is 6.90. The zero-order valence-electron chi connectivity index (χ0n) is 12.2. The second kappa shape index (κ2) is 6.02. The molecule has 1 rings (SSSR count). The molecule has 106 valence electrons. The van der Waals surface area contributed by atoms with Crippen molar-refractivity contribution in [1.82, 2.24) is 10.6 Å². The lowest BCUT2D eigenvalue weighted by molar-refractivity contribution is -0.127. The quantitative estimate of drug-likeness (QED) is 0.694. The minimum absolute atomic E-state index is 0.0173. The summed E-state index contributed by atoms with van der Waals surface area (Å²) in [6.45, 7) is 10.1. The van der Waals surface area contributed by atoms with E-state index in [2.05, 4.69) is 38.3 Å². The Labute approximate surface area is 111 Å². The summed E-state index contributed by atoms with van der Waals surface area (Å²) in [4.78, 5) is 12.2. The fraction of sp³-hybridized carbons (Fsp3) is 0.929. The third-order valence-corrected chi connectivity index (χ3v) is 3.92. The summed E-state index contributed by atoms with van der Waals surface area (Å²) in [7, 11) is 0. The lowest BCUT2D eigenvalue weighted by Gasteiger charge is -2.38. The molecule has 1 fully saturated rings. The molecule has 0 aromatic heterocycles. The average molecular weight is 256 g/mol. The molecule has 1 aliphatic heterocycles. The molecular formula is C14H28N2O2. The van der Waals surface area contributed by atoms with Crippen molar-refractivity contribution in [3.8, 4) is 0 Å². The normalized spacial score (nSPS) is 23.7. The smallest absolute Gasteiger partial charge is 0.237 e. The summed E-state index contributed by atoms with van der Waals surface area (Å²) in [5.74, 6) is 0.0886. The second-order valence-corrected chi connectivity index (χ2v) is 6.83. The standard InChI is InChI=1S/C14H28N2O2/c1-13(2,7-9-17)10-16-12(18)11-14(3,4)6-5-8-15-11/h11,15,17H,5-10H2,1-4H3,(H,16,18). The van der Waals surface area contributed by atoms with Crippen LogP contribution in [0.5, 0.6) is 0 Å². The zero-order valence-corrected chi connectivity index (χ0v) is 12.2. The van der Waals surface area contributed by atoms with Crippen molar-refractivity contribution in [2.45, 2.75) is 53.0 Å². The molecule has 1 saturated heterocycles. The van der Waals surface area contributed by atoms with Crippen LogP contribution in [-0.4, -0.2) is 36.8 Å². The zero-order chi connectivity index (χ0) is 13.8. The van der Waals surface area contributed by atoms with Gasteiger partial charge in [0, 0.05) is 13.2 Å². The number of hydrogen-bond donors (Lipinski definition) is 3. The molecule has 0 spiro atoms. The van der Waals surface area contributed by atoms with Crippen molar-refractivity contribution in [3.63, 3.8) is 0 Å². The largest absolute Gasteiger partial charge is 0.396 e. The highest BCUT2D eigenvalue weighted by molar-refractivity contribution is 5.82. The van der Waals surface area contributed by atoms with E-state index in [1.807, 2.05) is 0 Å². The first-order chi connectivity index (χ1) is 8.28. The maximum Gasteiger partial charge on any atom is 0.237 e. The Morgan fingerprint density at radius 2 is 2.17 bits per heavy atom. The van der Waals surface area contributed by atoms with Crippen molar-refractivity contribution in [1.29, 1.82) is 0 Å². The number of nitrogens with one attached hydrogen (secondary N) is 2. The molecule has 1 aliphatic rings. The van der Waals surface area contributed by atoms with Crippen LogP contribution in [0.15, 0.2) is 0 Å². The van der Waals surface area contributed by atoms with Gasteiger partial charge in [0.1, 0.15) is 0 Å². The van der Waals surface area contributed by atoms with E-state index >= 15 is 0 Å². The Kier molecular flexibility index (Phi) is 5.17. The van der Waals surface area contributed by atoms with Gasteiger partial charge in [-0.1, -0.05) is 27.7 Å². The van der Waals surface area contributed by atoms with Gasteiger partial charge >= 0.3 is 0 Å². The Bertz CT molecular complexity index is 288. The molecule has 0 radical (unpaired) electrons. The first-order valence-corrected chi connectivity index (χ1v) is 6.90. The summed E-state index contributed by atoms with van der Waals surface area (Å²) in [6.07, 6.45) is 2.92. The van der Waals surface area contributed by atoms with Crippen LogP contribution in [0.2, 0.25) is 0 Å². The molecule has 3 N–H and O–H groups in total. The number of piperidine rings is 1. The summed E-state index contributed by atoms with van der Waals surface area (Å²) in [6, 6.07) is -0.101. The van der Waals surface area contributed by atoms with Crippen molar-refractivity contribution in [2.24, 2.45) is 10.8 Å². The van der Waals surface area contributed by atoms with Crippen molar-refractivity contribution in [3.05, 3.63) is 0 Å². The summed E-state index contributed by atoms with van der Waals surface area (Å²) in [5, 5.41) is 15.3. The van der Waals surface area contributed by atoms with Crippen LogP contribution in [0.25, 0.3) is 0 Å². The molecule has 0 bridgehead atoms. The number of amides is 1. The molecule has 1 heterocycles. The maximum absolute atomic E-state index is 12.2. The fourth-order valence-electron chi connectivity index (χ4n) is 2.48. The number of rotatable bonds is 5. The molecule has 1 unspecified atom stereocenters. The molecule has 1 amide bonds. The molecule has 4 heteroatoms. The van der Waals surface area contributed by atoms with Gasteiger partial charge in [0.05, 0.1) is 6.04 Å². The Morgan fingerprint density at radius 3 is 2.72 bits per heavy atom. The summed E-state index contributed by atoms with van der Waals surface area (Å²) in [5.41, 5.74) is -0.0350. The Morgan fingerprint density at radius 1 is 1.50 bits per heavy atom. The van der Waals surface area contributed by atoms with Crippen molar-refractivity contribution in [2.75, 3.05) is 19.7 Å². The van der Waals surface area contributed by atoms with Crippen LogP contribution in [0.1, 0.15) is 47.0 Å². The van der Waals surface area contributed by atoms with E-state index in [0.717, 1.165) is 19.4 Å². The van der Waals surface area contributed by atoms with Crippen LogP contribution in [0.4, 0.5) is 0 Å². The van der Waals surface area contributed by atoms with Gasteiger partial charge in [-0.05, 0) is 36.6 Å². The van der Waals surface area contributed by atoms with E-state index in [0.29, 0.717) is 13.0 Å². The number of aliphatic hydroxyl groups excluding tert-OH is 1. The Hall–Kier alpha value is -0.610. The van der Waals surface area contributed by atoms with Gasteiger partial charge in [-0.2, -0.15) is 0 Å². The van der Waals surface area contributed by atoms with Crippen LogP contribution in [0, 0.1) is 10.8 Å².